The van der Waals surface area contributed by atoms with Gasteiger partial charge in [-0.2, -0.15) is 5.10 Å². The number of hydrogen-bond donors (Lipinski definition) is 1. The van der Waals surface area contributed by atoms with E-state index in [1.807, 2.05) is 6.07 Å². The number of carbonyl (C=O) groups is 1. The second-order valence-corrected chi connectivity index (χ2v) is 6.87. The van der Waals surface area contributed by atoms with Crippen LogP contribution < -0.4 is 10.9 Å². The Balaban J connectivity index is 1.38. The van der Waals surface area contributed by atoms with Crippen molar-refractivity contribution in [3.05, 3.63) is 52.5 Å². The molecule has 2 aliphatic carbocycles. The Bertz CT molecular complexity index is 808. The van der Waals surface area contributed by atoms with Gasteiger partial charge in [-0.3, -0.25) is 9.59 Å². The molecule has 0 saturated heterocycles. The summed E-state index contributed by atoms with van der Waals surface area (Å²) in [4.78, 5) is 32.3. The van der Waals surface area contributed by atoms with Crippen LogP contribution in [0.4, 0.5) is 0 Å². The van der Waals surface area contributed by atoms with Gasteiger partial charge >= 0.3 is 0 Å². The van der Waals surface area contributed by atoms with Crippen LogP contribution in [0.5, 0.6) is 0 Å². The molecular weight excluding hydrogens is 318 g/mol. The van der Waals surface area contributed by atoms with Crippen LogP contribution in [-0.2, 0) is 0 Å². The third-order valence-corrected chi connectivity index (χ3v) is 4.99. The average Bonchev–Trinajstić information content (AvgIpc) is 3.49. The molecule has 2 aromatic rings. The fourth-order valence-electron chi connectivity index (χ4n) is 3.43. The Hall–Kier alpha value is -2.57. The lowest BCUT2D eigenvalue weighted by atomic mass is 9.91. The van der Waals surface area contributed by atoms with Gasteiger partial charge in [-0.25, -0.2) is 14.6 Å². The van der Waals surface area contributed by atoms with Crippen molar-refractivity contribution in [3.8, 4) is 0 Å². The zero-order valence-corrected chi connectivity index (χ0v) is 14.0. The predicted molar refractivity (Wildman–Crippen MR) is 91.3 cm³/mol. The SMILES string of the molecule is O=C(NC1CCC(n2nc(C3CC3)ccc2=O)CC1)c1ncccn1. The molecule has 0 bridgehead atoms. The number of nitrogens with zero attached hydrogens (tertiary/aromatic N) is 4. The molecule has 0 atom stereocenters. The maximum Gasteiger partial charge on any atom is 0.289 e. The van der Waals surface area contributed by atoms with Gasteiger partial charge in [0.15, 0.2) is 0 Å². The number of hydrogen-bond acceptors (Lipinski definition) is 5. The molecule has 2 saturated carbocycles. The van der Waals surface area contributed by atoms with Gasteiger partial charge in [-0.05, 0) is 50.7 Å². The molecule has 0 spiro atoms. The van der Waals surface area contributed by atoms with Crippen molar-refractivity contribution in [2.45, 2.75) is 56.5 Å². The molecule has 7 nitrogen and oxygen atoms in total. The van der Waals surface area contributed by atoms with Crippen LogP contribution in [0.2, 0.25) is 0 Å². The van der Waals surface area contributed by atoms with Gasteiger partial charge in [0.2, 0.25) is 5.82 Å². The summed E-state index contributed by atoms with van der Waals surface area (Å²) >= 11 is 0. The molecule has 25 heavy (non-hydrogen) atoms. The number of nitrogens with one attached hydrogen (secondary N) is 1. The zero-order chi connectivity index (χ0) is 17.2. The van der Waals surface area contributed by atoms with Crippen LogP contribution in [0.1, 0.15) is 66.8 Å². The van der Waals surface area contributed by atoms with Crippen molar-refractivity contribution >= 4 is 5.91 Å². The van der Waals surface area contributed by atoms with E-state index in [-0.39, 0.29) is 29.4 Å². The Kier molecular flexibility index (Phi) is 4.29. The standard InChI is InChI=1S/C18H21N5O2/c24-16-9-8-15(12-2-3-12)22-23(16)14-6-4-13(5-7-14)21-18(25)17-19-10-1-11-20-17/h1,8-14H,2-7H2,(H,21,25). The van der Waals surface area contributed by atoms with Crippen molar-refractivity contribution in [3.63, 3.8) is 0 Å². The first kappa shape index (κ1) is 15.9. The van der Waals surface area contributed by atoms with E-state index in [9.17, 15) is 9.59 Å². The molecule has 7 heteroatoms. The monoisotopic (exact) mass is 339 g/mol. The van der Waals surface area contributed by atoms with Gasteiger partial charge in [0, 0.05) is 30.4 Å². The minimum atomic E-state index is -0.241. The Morgan fingerprint density at radius 2 is 1.76 bits per heavy atom. The van der Waals surface area contributed by atoms with Crippen molar-refractivity contribution in [1.82, 2.24) is 25.1 Å². The van der Waals surface area contributed by atoms with Gasteiger partial charge in [0.25, 0.3) is 11.5 Å². The van der Waals surface area contributed by atoms with E-state index in [1.54, 1.807) is 29.2 Å². The molecule has 130 valence electrons. The highest BCUT2D eigenvalue weighted by Crippen LogP contribution is 2.38. The highest BCUT2D eigenvalue weighted by molar-refractivity contribution is 5.90. The lowest BCUT2D eigenvalue weighted by molar-refractivity contribution is 0.0910. The Morgan fingerprint density at radius 1 is 1.04 bits per heavy atom. The first-order chi connectivity index (χ1) is 12.2. The smallest absolute Gasteiger partial charge is 0.289 e. The van der Waals surface area contributed by atoms with Crippen LogP contribution in [0.15, 0.2) is 35.4 Å². The van der Waals surface area contributed by atoms with Crippen LogP contribution in [0.25, 0.3) is 0 Å². The summed E-state index contributed by atoms with van der Waals surface area (Å²) in [5.74, 6) is 0.489. The predicted octanol–water partition coefficient (Wildman–Crippen LogP) is 1.82. The van der Waals surface area contributed by atoms with Gasteiger partial charge < -0.3 is 5.32 Å². The second-order valence-electron chi connectivity index (χ2n) is 6.87. The topological polar surface area (TPSA) is 89.8 Å². The molecule has 4 rings (SSSR count). The van der Waals surface area contributed by atoms with E-state index in [0.29, 0.717) is 5.92 Å². The quantitative estimate of drug-likeness (QED) is 0.918. The second kappa shape index (κ2) is 6.74. The minimum absolute atomic E-state index is 0.0328. The lowest BCUT2D eigenvalue weighted by Gasteiger charge is -2.29. The molecule has 0 aliphatic heterocycles. The third-order valence-electron chi connectivity index (χ3n) is 4.99. The highest BCUT2D eigenvalue weighted by Gasteiger charge is 2.28. The molecule has 2 aliphatic rings. The summed E-state index contributed by atoms with van der Waals surface area (Å²) in [7, 11) is 0. The van der Waals surface area contributed by atoms with Crippen molar-refractivity contribution in [2.75, 3.05) is 0 Å². The van der Waals surface area contributed by atoms with Crippen LogP contribution in [0.3, 0.4) is 0 Å². The van der Waals surface area contributed by atoms with Gasteiger partial charge in [-0.15, -0.1) is 0 Å². The van der Waals surface area contributed by atoms with Crippen LogP contribution in [0, 0.1) is 0 Å². The molecule has 1 amide bonds. The van der Waals surface area contributed by atoms with Gasteiger partial charge in [-0.1, -0.05) is 0 Å². The van der Waals surface area contributed by atoms with E-state index in [4.69, 9.17) is 0 Å². The summed E-state index contributed by atoms with van der Waals surface area (Å²) in [6.07, 6.45) is 8.78. The van der Waals surface area contributed by atoms with Gasteiger partial charge in [0.05, 0.1) is 11.7 Å². The number of amides is 1. The van der Waals surface area contributed by atoms with Crippen LogP contribution in [-0.4, -0.2) is 31.7 Å². The summed E-state index contributed by atoms with van der Waals surface area (Å²) in [6, 6.07) is 5.40. The molecular formula is C18H21N5O2. The normalized spacial score (nSPS) is 23.2. The van der Waals surface area contributed by atoms with E-state index >= 15 is 0 Å². The third kappa shape index (κ3) is 3.60. The Morgan fingerprint density at radius 3 is 2.44 bits per heavy atom. The summed E-state index contributed by atoms with van der Waals surface area (Å²) < 4.78 is 1.66. The molecule has 2 fully saturated rings. The van der Waals surface area contributed by atoms with Crippen molar-refractivity contribution in [1.29, 1.82) is 0 Å². The fourth-order valence-corrected chi connectivity index (χ4v) is 3.43. The first-order valence-corrected chi connectivity index (χ1v) is 8.88. The van der Waals surface area contributed by atoms with E-state index in [2.05, 4.69) is 20.4 Å². The Labute approximate surface area is 145 Å². The molecule has 0 unspecified atom stereocenters. The highest BCUT2D eigenvalue weighted by atomic mass is 16.2. The van der Waals surface area contributed by atoms with Crippen molar-refractivity contribution < 1.29 is 4.79 Å². The molecule has 2 aromatic heterocycles. The largest absolute Gasteiger partial charge is 0.347 e. The lowest BCUT2D eigenvalue weighted by Crippen LogP contribution is -2.40. The molecule has 2 heterocycles. The van der Waals surface area contributed by atoms with Crippen molar-refractivity contribution in [2.24, 2.45) is 0 Å². The van der Waals surface area contributed by atoms with Gasteiger partial charge in [0.1, 0.15) is 0 Å². The maximum atomic E-state index is 12.2. The van der Waals surface area contributed by atoms with E-state index in [0.717, 1.165) is 31.4 Å². The summed E-state index contributed by atoms with van der Waals surface area (Å²) in [5.41, 5.74) is 1.01. The minimum Gasteiger partial charge on any atom is -0.347 e. The molecule has 1 N–H and O–H groups in total. The zero-order valence-electron chi connectivity index (χ0n) is 14.0. The maximum absolute atomic E-state index is 12.2. The molecule has 0 radical (unpaired) electrons. The van der Waals surface area contributed by atoms with E-state index in [1.165, 1.54) is 12.8 Å². The fraction of sp³-hybridized carbons (Fsp3) is 0.500. The number of rotatable bonds is 4. The average molecular weight is 339 g/mol. The van der Waals surface area contributed by atoms with E-state index < -0.39 is 0 Å². The number of carbonyl (C=O) groups excluding carboxylic acids is 1. The number of aromatic nitrogens is 4. The first-order valence-electron chi connectivity index (χ1n) is 8.88. The summed E-state index contributed by atoms with van der Waals surface area (Å²) in [5, 5.41) is 7.58. The van der Waals surface area contributed by atoms with Crippen LogP contribution >= 0.6 is 0 Å². The molecule has 0 aromatic carbocycles. The summed E-state index contributed by atoms with van der Waals surface area (Å²) in [6.45, 7) is 0.